The van der Waals surface area contributed by atoms with E-state index in [4.69, 9.17) is 17.4 Å². The van der Waals surface area contributed by atoms with E-state index in [1.165, 1.54) is 13.2 Å². The van der Waals surface area contributed by atoms with Crippen LogP contribution >= 0.6 is 12.6 Å². The summed E-state index contributed by atoms with van der Waals surface area (Å²) in [4.78, 5) is 29.2. The summed E-state index contributed by atoms with van der Waals surface area (Å²) >= 11 is 4.74. The van der Waals surface area contributed by atoms with Crippen molar-refractivity contribution in [1.29, 1.82) is 0 Å². The molecule has 0 radical (unpaired) electrons. The van der Waals surface area contributed by atoms with Gasteiger partial charge >= 0.3 is 5.97 Å². The fraction of sp³-hybridized carbons (Fsp3) is 0.583. The largest absolute Gasteiger partial charge is 0.468 e. The van der Waals surface area contributed by atoms with Crippen LogP contribution in [0.3, 0.4) is 0 Å². The highest BCUT2D eigenvalue weighted by atomic mass is 32.1. The number of Topliss-reactive ketones (excluding diaryl/α,β-unsaturated/α-hetero) is 1. The minimum absolute atomic E-state index is 0.0210. The lowest BCUT2D eigenvalue weighted by Gasteiger charge is -2.38. The Hall–Kier alpha value is -1.74. The van der Waals surface area contributed by atoms with Crippen LogP contribution in [0.15, 0.2) is 35.9 Å². The first-order chi connectivity index (χ1) is 15.4. The standard InChI is InChI=1S/C24H31FN2O4S/c1-31-24(30)20-12-17(28)14-26(20)10-8-16-13-27(11-9-21(16)32)22(23(29)15-6-7-15)18-4-2-3-5-19(18)25/h2-5,8,15,17,20-22,28,32H,6-7,9-14H2,1H3/b16-8-/t17-,20+,21?,22?/m1/s1. The van der Waals surface area contributed by atoms with E-state index in [-0.39, 0.29) is 28.7 Å². The number of piperidine rings is 1. The molecule has 174 valence electrons. The first kappa shape index (κ1) is 23.4. The molecule has 0 spiro atoms. The quantitative estimate of drug-likeness (QED) is 0.368. The molecule has 1 aromatic carbocycles. The molecular formula is C24H31FN2O4S. The summed E-state index contributed by atoms with van der Waals surface area (Å²) in [5.74, 6) is -0.576. The Labute approximate surface area is 193 Å². The predicted molar refractivity (Wildman–Crippen MR) is 122 cm³/mol. The first-order valence-electron chi connectivity index (χ1n) is 11.3. The molecule has 8 heteroatoms. The van der Waals surface area contributed by atoms with Gasteiger partial charge in [-0.15, -0.1) is 0 Å². The Morgan fingerprint density at radius 3 is 2.75 bits per heavy atom. The Balaban J connectivity index is 1.53. The molecule has 2 heterocycles. The number of aliphatic hydroxyl groups is 1. The van der Waals surface area contributed by atoms with Crippen molar-refractivity contribution in [2.45, 2.75) is 49.1 Å². The summed E-state index contributed by atoms with van der Waals surface area (Å²) in [6.07, 6.45) is 4.34. The van der Waals surface area contributed by atoms with Crippen molar-refractivity contribution in [2.75, 3.05) is 33.3 Å². The van der Waals surface area contributed by atoms with Crippen molar-refractivity contribution < 1.29 is 23.8 Å². The number of esters is 1. The van der Waals surface area contributed by atoms with E-state index in [9.17, 15) is 19.1 Å². The Kier molecular flexibility index (Phi) is 7.34. The molecule has 3 aliphatic rings. The maximum atomic E-state index is 14.7. The topological polar surface area (TPSA) is 70.1 Å². The third-order valence-corrected chi connectivity index (χ3v) is 7.35. The highest BCUT2D eigenvalue weighted by Gasteiger charge is 2.41. The Morgan fingerprint density at radius 2 is 2.06 bits per heavy atom. The van der Waals surface area contributed by atoms with Gasteiger partial charge in [0.1, 0.15) is 11.9 Å². The van der Waals surface area contributed by atoms with E-state index in [2.05, 4.69) is 4.90 Å². The van der Waals surface area contributed by atoms with Crippen molar-refractivity contribution in [1.82, 2.24) is 9.80 Å². The predicted octanol–water partition coefficient (Wildman–Crippen LogP) is 2.38. The SMILES string of the molecule is COC(=O)[C@@H]1C[C@@H](O)CN1C/C=C1/CN(C(C(=O)C2CC2)c2ccccc2F)CCC1S. The number of hydrogen-bond acceptors (Lipinski definition) is 7. The maximum absolute atomic E-state index is 14.7. The van der Waals surface area contributed by atoms with Crippen molar-refractivity contribution in [3.05, 3.63) is 47.3 Å². The molecule has 2 aliphatic heterocycles. The van der Waals surface area contributed by atoms with E-state index in [0.717, 1.165) is 24.8 Å². The lowest BCUT2D eigenvalue weighted by atomic mass is 9.93. The number of methoxy groups -OCH3 is 1. The summed E-state index contributed by atoms with van der Waals surface area (Å²) in [5.41, 5.74) is 1.49. The molecule has 1 aliphatic carbocycles. The van der Waals surface area contributed by atoms with Crippen LogP contribution in [0.5, 0.6) is 0 Å². The summed E-state index contributed by atoms with van der Waals surface area (Å²) < 4.78 is 19.6. The zero-order valence-electron chi connectivity index (χ0n) is 18.3. The number of thiol groups is 1. The van der Waals surface area contributed by atoms with Gasteiger partial charge in [-0.1, -0.05) is 24.3 Å². The minimum atomic E-state index is -0.593. The van der Waals surface area contributed by atoms with Crippen LogP contribution in [0.2, 0.25) is 0 Å². The van der Waals surface area contributed by atoms with Crippen LogP contribution in [0.25, 0.3) is 0 Å². The number of likely N-dealkylation sites (tertiary alicyclic amines) is 2. The smallest absolute Gasteiger partial charge is 0.323 e. The molecule has 0 aromatic heterocycles. The lowest BCUT2D eigenvalue weighted by molar-refractivity contribution is -0.145. The van der Waals surface area contributed by atoms with Gasteiger partial charge < -0.3 is 9.84 Å². The van der Waals surface area contributed by atoms with Gasteiger partial charge in [0.05, 0.1) is 19.3 Å². The van der Waals surface area contributed by atoms with E-state index >= 15 is 0 Å². The van der Waals surface area contributed by atoms with Gasteiger partial charge in [0.25, 0.3) is 0 Å². The molecule has 3 fully saturated rings. The van der Waals surface area contributed by atoms with Crippen molar-refractivity contribution in [3.8, 4) is 0 Å². The van der Waals surface area contributed by atoms with Gasteiger partial charge in [-0.05, 0) is 30.9 Å². The summed E-state index contributed by atoms with van der Waals surface area (Å²) in [7, 11) is 1.35. The van der Waals surface area contributed by atoms with E-state index in [1.54, 1.807) is 18.2 Å². The van der Waals surface area contributed by atoms with Gasteiger partial charge in [0.15, 0.2) is 5.78 Å². The number of β-amino-alcohol motifs (C(OH)–C–C–N with tert-alkyl or cyclic N) is 1. The Bertz CT molecular complexity index is 891. The number of benzene rings is 1. The van der Waals surface area contributed by atoms with E-state index in [0.29, 0.717) is 38.2 Å². The van der Waals surface area contributed by atoms with E-state index in [1.807, 2.05) is 11.0 Å². The highest BCUT2D eigenvalue weighted by Crippen LogP contribution is 2.39. The van der Waals surface area contributed by atoms with Crippen LogP contribution in [0.4, 0.5) is 4.39 Å². The van der Waals surface area contributed by atoms with Crippen molar-refractivity contribution in [3.63, 3.8) is 0 Å². The number of ketones is 1. The number of carbonyl (C=O) groups excluding carboxylic acids is 2. The van der Waals surface area contributed by atoms with Gasteiger partial charge in [-0.2, -0.15) is 12.6 Å². The summed E-state index contributed by atoms with van der Waals surface area (Å²) in [5, 5.41) is 10.1. The molecule has 0 amide bonds. The monoisotopic (exact) mass is 462 g/mol. The molecule has 1 N–H and O–H groups in total. The fourth-order valence-corrected chi connectivity index (χ4v) is 5.13. The first-order valence-corrected chi connectivity index (χ1v) is 11.8. The molecule has 0 bridgehead atoms. The molecule has 6 nitrogen and oxygen atoms in total. The minimum Gasteiger partial charge on any atom is -0.468 e. The van der Waals surface area contributed by atoms with Crippen LogP contribution in [0, 0.1) is 11.7 Å². The second-order valence-corrected chi connectivity index (χ2v) is 9.66. The molecule has 2 unspecified atom stereocenters. The van der Waals surface area contributed by atoms with Crippen LogP contribution in [-0.2, 0) is 14.3 Å². The van der Waals surface area contributed by atoms with Crippen LogP contribution in [0.1, 0.15) is 37.3 Å². The second-order valence-electron chi connectivity index (χ2n) is 9.04. The molecule has 4 rings (SSSR count). The molecule has 32 heavy (non-hydrogen) atoms. The number of rotatable bonds is 7. The number of carbonyl (C=O) groups is 2. The average Bonchev–Trinajstić information content (AvgIpc) is 3.57. The zero-order chi connectivity index (χ0) is 22.8. The Morgan fingerprint density at radius 1 is 1.31 bits per heavy atom. The lowest BCUT2D eigenvalue weighted by Crippen LogP contribution is -2.43. The summed E-state index contributed by atoms with van der Waals surface area (Å²) in [6.45, 7) is 2.07. The fourth-order valence-electron chi connectivity index (χ4n) is 4.83. The normalized spacial score (nSPS) is 29.2. The third kappa shape index (κ3) is 5.09. The zero-order valence-corrected chi connectivity index (χ0v) is 19.2. The number of halogens is 1. The maximum Gasteiger partial charge on any atom is 0.323 e. The number of aliphatic hydroxyl groups excluding tert-OH is 1. The molecular weight excluding hydrogens is 431 g/mol. The molecule has 2 saturated heterocycles. The highest BCUT2D eigenvalue weighted by molar-refractivity contribution is 7.81. The van der Waals surface area contributed by atoms with Crippen molar-refractivity contribution >= 4 is 24.4 Å². The van der Waals surface area contributed by atoms with Crippen molar-refractivity contribution in [2.24, 2.45) is 5.92 Å². The van der Waals surface area contributed by atoms with Gasteiger partial charge in [0, 0.05) is 49.3 Å². The number of hydrogen-bond donors (Lipinski definition) is 2. The van der Waals surface area contributed by atoms with Gasteiger partial charge in [-0.25, -0.2) is 4.39 Å². The average molecular weight is 463 g/mol. The third-order valence-electron chi connectivity index (χ3n) is 6.76. The van der Waals surface area contributed by atoms with Crippen LogP contribution < -0.4 is 0 Å². The number of ether oxygens (including phenoxy) is 1. The molecule has 4 atom stereocenters. The van der Waals surface area contributed by atoms with Gasteiger partial charge in [0.2, 0.25) is 0 Å². The summed E-state index contributed by atoms with van der Waals surface area (Å²) in [6, 6.07) is 5.49. The second kappa shape index (κ2) is 10.0. The molecule has 1 saturated carbocycles. The van der Waals surface area contributed by atoms with E-state index < -0.39 is 18.2 Å². The number of nitrogens with zero attached hydrogens (tertiary/aromatic N) is 2. The molecule has 1 aromatic rings. The van der Waals surface area contributed by atoms with Gasteiger partial charge in [-0.3, -0.25) is 19.4 Å². The van der Waals surface area contributed by atoms with Crippen LogP contribution in [-0.4, -0.2) is 77.3 Å².